The third kappa shape index (κ3) is 5.06. The number of nitrogens with one attached hydrogen (secondary N) is 1. The Kier molecular flexibility index (Phi) is 7.74. The van der Waals surface area contributed by atoms with Crippen LogP contribution in [0.1, 0.15) is 43.7 Å². The number of aromatic nitrogens is 3. The van der Waals surface area contributed by atoms with E-state index in [0.717, 1.165) is 29.7 Å². The molecule has 0 bridgehead atoms. The van der Waals surface area contributed by atoms with Gasteiger partial charge in [0.25, 0.3) is 0 Å². The van der Waals surface area contributed by atoms with E-state index in [1.54, 1.807) is 12.1 Å². The minimum atomic E-state index is -0.186. The molecular formula is C24H29ClN4O3S2. The quantitative estimate of drug-likeness (QED) is 0.361. The molecule has 7 nitrogen and oxygen atoms in total. The molecule has 34 heavy (non-hydrogen) atoms. The van der Waals surface area contributed by atoms with Crippen LogP contribution in [0.25, 0.3) is 11.4 Å². The molecule has 0 fully saturated rings. The number of hydrogen-bond donors (Lipinski definition) is 1. The fourth-order valence-corrected chi connectivity index (χ4v) is 6.50. The predicted molar refractivity (Wildman–Crippen MR) is 139 cm³/mol. The molecule has 1 aliphatic rings. The van der Waals surface area contributed by atoms with Gasteiger partial charge in [-0.05, 0) is 44.6 Å². The lowest BCUT2D eigenvalue weighted by Crippen LogP contribution is -2.16. The standard InChI is InChI=1S/C24H29ClN4O3S2/c1-13(2)29-23(16-11-33-21-8-14(3)6-7-15(16)21)27-28-24(29)34-12-22(30)26-18-10-19(31-4)17(25)9-20(18)32-5/h9-11,13-14H,6-8,12H2,1-5H3,(H,26,30). The van der Waals surface area contributed by atoms with E-state index < -0.39 is 0 Å². The molecule has 2 aromatic heterocycles. The van der Waals surface area contributed by atoms with Gasteiger partial charge >= 0.3 is 0 Å². The summed E-state index contributed by atoms with van der Waals surface area (Å²) in [6.45, 7) is 6.54. The number of benzene rings is 1. The number of methoxy groups -OCH3 is 2. The Balaban J connectivity index is 1.52. The Labute approximate surface area is 213 Å². The summed E-state index contributed by atoms with van der Waals surface area (Å²) in [6, 6.07) is 3.43. The third-order valence-corrected chi connectivity index (χ3v) is 8.19. The normalized spacial score (nSPS) is 15.3. The van der Waals surface area contributed by atoms with Crippen molar-refractivity contribution < 1.29 is 14.3 Å². The first-order valence-electron chi connectivity index (χ1n) is 11.2. The third-order valence-electron chi connectivity index (χ3n) is 5.90. The van der Waals surface area contributed by atoms with Gasteiger partial charge in [0.2, 0.25) is 5.91 Å². The molecule has 0 spiro atoms. The van der Waals surface area contributed by atoms with E-state index >= 15 is 0 Å². The number of thioether (sulfide) groups is 1. The molecule has 1 aromatic carbocycles. The van der Waals surface area contributed by atoms with Crippen LogP contribution < -0.4 is 14.8 Å². The molecule has 1 unspecified atom stereocenters. The highest BCUT2D eigenvalue weighted by Gasteiger charge is 2.25. The van der Waals surface area contributed by atoms with E-state index in [1.165, 1.54) is 48.4 Å². The van der Waals surface area contributed by atoms with Crippen molar-refractivity contribution in [2.24, 2.45) is 5.92 Å². The van der Waals surface area contributed by atoms with Crippen molar-refractivity contribution in [1.29, 1.82) is 0 Å². The maximum atomic E-state index is 12.8. The number of amides is 1. The highest BCUT2D eigenvalue weighted by atomic mass is 35.5. The summed E-state index contributed by atoms with van der Waals surface area (Å²) in [6.07, 6.45) is 3.42. The average Bonchev–Trinajstić information content (AvgIpc) is 3.41. The van der Waals surface area contributed by atoms with E-state index in [-0.39, 0.29) is 17.7 Å². The number of nitrogens with zero attached hydrogens (tertiary/aromatic N) is 3. The number of thiophene rings is 1. The number of halogens is 1. The molecule has 1 amide bonds. The van der Waals surface area contributed by atoms with E-state index in [1.807, 2.05) is 11.3 Å². The van der Waals surface area contributed by atoms with Crippen LogP contribution in [0.15, 0.2) is 22.7 Å². The SMILES string of the molecule is COc1cc(NC(=O)CSc2nnc(-c3csc4c3CCC(C)C4)n2C(C)C)c(OC)cc1Cl. The summed E-state index contributed by atoms with van der Waals surface area (Å²) in [4.78, 5) is 14.2. The number of rotatable bonds is 8. The number of ether oxygens (including phenoxy) is 2. The fraction of sp³-hybridized carbons (Fsp3) is 0.458. The summed E-state index contributed by atoms with van der Waals surface area (Å²) >= 11 is 9.35. The summed E-state index contributed by atoms with van der Waals surface area (Å²) < 4.78 is 12.7. The van der Waals surface area contributed by atoms with Gasteiger partial charge in [-0.15, -0.1) is 21.5 Å². The summed E-state index contributed by atoms with van der Waals surface area (Å²) in [5.74, 6) is 2.53. The van der Waals surface area contributed by atoms with Gasteiger partial charge in [0.1, 0.15) is 11.5 Å². The van der Waals surface area contributed by atoms with Crippen molar-refractivity contribution in [2.75, 3.05) is 25.3 Å². The van der Waals surface area contributed by atoms with E-state index in [2.05, 4.69) is 46.2 Å². The first-order chi connectivity index (χ1) is 16.3. The van der Waals surface area contributed by atoms with Crippen LogP contribution in [0.2, 0.25) is 5.02 Å². The maximum absolute atomic E-state index is 12.8. The summed E-state index contributed by atoms with van der Waals surface area (Å²) in [5.41, 5.74) is 3.09. The summed E-state index contributed by atoms with van der Waals surface area (Å²) in [7, 11) is 3.05. The first kappa shape index (κ1) is 24.9. The Morgan fingerprint density at radius 3 is 2.76 bits per heavy atom. The zero-order valence-corrected chi connectivity index (χ0v) is 22.4. The highest BCUT2D eigenvalue weighted by molar-refractivity contribution is 7.99. The molecule has 3 aromatic rings. The molecule has 1 aliphatic carbocycles. The highest BCUT2D eigenvalue weighted by Crippen LogP contribution is 2.39. The number of carbonyl (C=O) groups excluding carboxylic acids is 1. The Morgan fingerprint density at radius 1 is 1.29 bits per heavy atom. The molecule has 1 atom stereocenters. The largest absolute Gasteiger partial charge is 0.495 e. The lowest BCUT2D eigenvalue weighted by molar-refractivity contribution is -0.113. The molecule has 182 valence electrons. The average molecular weight is 521 g/mol. The minimum absolute atomic E-state index is 0.161. The monoisotopic (exact) mass is 520 g/mol. The van der Waals surface area contributed by atoms with Crippen molar-refractivity contribution in [3.05, 3.63) is 33.0 Å². The van der Waals surface area contributed by atoms with Crippen molar-refractivity contribution in [2.45, 2.75) is 51.2 Å². The Hall–Kier alpha value is -2.23. The smallest absolute Gasteiger partial charge is 0.234 e. The van der Waals surface area contributed by atoms with Gasteiger partial charge in [0, 0.05) is 34.0 Å². The molecule has 1 N–H and O–H groups in total. The van der Waals surface area contributed by atoms with Crippen LogP contribution in [-0.2, 0) is 17.6 Å². The van der Waals surface area contributed by atoms with Crippen LogP contribution in [0.3, 0.4) is 0 Å². The Morgan fingerprint density at radius 2 is 2.06 bits per heavy atom. The second-order valence-electron chi connectivity index (χ2n) is 8.69. The van der Waals surface area contributed by atoms with Crippen LogP contribution in [0.4, 0.5) is 5.69 Å². The van der Waals surface area contributed by atoms with E-state index in [4.69, 9.17) is 21.1 Å². The van der Waals surface area contributed by atoms with Crippen LogP contribution in [0.5, 0.6) is 11.5 Å². The number of fused-ring (bicyclic) bond motifs is 1. The molecule has 0 saturated heterocycles. The van der Waals surface area contributed by atoms with Gasteiger partial charge in [-0.2, -0.15) is 0 Å². The maximum Gasteiger partial charge on any atom is 0.234 e. The van der Waals surface area contributed by atoms with Gasteiger partial charge in [-0.25, -0.2) is 0 Å². The van der Waals surface area contributed by atoms with Gasteiger partial charge in [-0.1, -0.05) is 30.3 Å². The molecular weight excluding hydrogens is 492 g/mol. The zero-order valence-electron chi connectivity index (χ0n) is 20.0. The summed E-state index contributed by atoms with van der Waals surface area (Å²) in [5, 5.41) is 15.2. The van der Waals surface area contributed by atoms with Crippen molar-refractivity contribution in [3.63, 3.8) is 0 Å². The van der Waals surface area contributed by atoms with E-state index in [0.29, 0.717) is 22.2 Å². The first-order valence-corrected chi connectivity index (χ1v) is 13.4. The molecule has 0 aliphatic heterocycles. The number of carbonyl (C=O) groups is 1. The van der Waals surface area contributed by atoms with Crippen molar-refractivity contribution >= 4 is 46.3 Å². The van der Waals surface area contributed by atoms with Crippen LogP contribution >= 0.6 is 34.7 Å². The van der Waals surface area contributed by atoms with Gasteiger partial charge in [0.15, 0.2) is 11.0 Å². The Bertz CT molecular complexity index is 1190. The molecule has 10 heteroatoms. The molecule has 0 radical (unpaired) electrons. The van der Waals surface area contributed by atoms with Gasteiger partial charge in [-0.3, -0.25) is 9.36 Å². The fourth-order valence-electron chi connectivity index (χ4n) is 4.16. The second kappa shape index (κ2) is 10.6. The van der Waals surface area contributed by atoms with E-state index in [9.17, 15) is 4.79 Å². The topological polar surface area (TPSA) is 78.3 Å². The van der Waals surface area contributed by atoms with Gasteiger partial charge < -0.3 is 14.8 Å². The minimum Gasteiger partial charge on any atom is -0.495 e. The molecule has 2 heterocycles. The predicted octanol–water partition coefficient (Wildman–Crippen LogP) is 6.11. The number of anilines is 1. The zero-order chi connectivity index (χ0) is 24.4. The molecule has 0 saturated carbocycles. The lowest BCUT2D eigenvalue weighted by Gasteiger charge is -2.19. The second-order valence-corrected chi connectivity index (χ2v) is 11.0. The van der Waals surface area contributed by atoms with Crippen LogP contribution in [0, 0.1) is 5.92 Å². The van der Waals surface area contributed by atoms with Gasteiger partial charge in [0.05, 0.1) is 30.7 Å². The van der Waals surface area contributed by atoms with Crippen LogP contribution in [-0.4, -0.2) is 40.6 Å². The van der Waals surface area contributed by atoms with Crippen molar-refractivity contribution in [1.82, 2.24) is 14.8 Å². The molecule has 4 rings (SSSR count). The van der Waals surface area contributed by atoms with Crippen molar-refractivity contribution in [3.8, 4) is 22.9 Å². The lowest BCUT2D eigenvalue weighted by atomic mass is 9.88. The number of hydrogen-bond acceptors (Lipinski definition) is 7.